The Kier molecular flexibility index (Phi) is 3.08. The Labute approximate surface area is 72.4 Å². The van der Waals surface area contributed by atoms with Crippen molar-refractivity contribution in [3.8, 4) is 0 Å². The van der Waals surface area contributed by atoms with Crippen molar-refractivity contribution in [1.29, 1.82) is 0 Å². The van der Waals surface area contributed by atoms with E-state index in [0.717, 1.165) is 11.4 Å². The highest BCUT2D eigenvalue weighted by Crippen LogP contribution is 2.14. The molecule has 0 fully saturated rings. The Morgan fingerprint density at radius 1 is 1.42 bits per heavy atom. The molecule has 12 heavy (non-hydrogen) atoms. The molecule has 2 nitrogen and oxygen atoms in total. The molecule has 0 aliphatic carbocycles. The van der Waals surface area contributed by atoms with Crippen molar-refractivity contribution in [2.45, 2.75) is 6.92 Å². The van der Waals surface area contributed by atoms with Crippen molar-refractivity contribution < 1.29 is 0 Å². The summed E-state index contributed by atoms with van der Waals surface area (Å²) in [4.78, 5) is 4.16. The lowest BCUT2D eigenvalue weighted by molar-refractivity contribution is 1.54. The average Bonchev–Trinajstić information content (AvgIpc) is 2.05. The zero-order valence-corrected chi connectivity index (χ0v) is 7.07. The van der Waals surface area contributed by atoms with Gasteiger partial charge in [-0.05, 0) is 31.2 Å². The number of hydrogen-bond donors (Lipinski definition) is 1. The van der Waals surface area contributed by atoms with Crippen molar-refractivity contribution in [2.75, 3.05) is 5.73 Å². The highest BCUT2D eigenvalue weighted by molar-refractivity contribution is 5.74. The molecular weight excluding hydrogens is 148 g/mol. The van der Waals surface area contributed by atoms with E-state index in [-0.39, 0.29) is 0 Å². The van der Waals surface area contributed by atoms with Crippen LogP contribution in [0.2, 0.25) is 0 Å². The zero-order valence-electron chi connectivity index (χ0n) is 7.07. The molecule has 1 aromatic carbocycles. The van der Waals surface area contributed by atoms with E-state index in [1.165, 1.54) is 0 Å². The minimum atomic E-state index is 0.741. The fraction of sp³-hybridized carbons (Fsp3) is 0.100. The third kappa shape index (κ3) is 2.58. The van der Waals surface area contributed by atoms with Crippen LogP contribution in [-0.4, -0.2) is 6.21 Å². The van der Waals surface area contributed by atoms with E-state index in [1.807, 2.05) is 43.3 Å². The highest BCUT2D eigenvalue weighted by atomic mass is 14.7. The summed E-state index contributed by atoms with van der Waals surface area (Å²) in [5.74, 6) is 0. The quantitative estimate of drug-likeness (QED) is 0.524. The monoisotopic (exact) mass is 160 g/mol. The van der Waals surface area contributed by atoms with Crippen LogP contribution in [0, 0.1) is 0 Å². The largest absolute Gasteiger partial charge is 0.399 e. The van der Waals surface area contributed by atoms with Gasteiger partial charge in [0.2, 0.25) is 0 Å². The van der Waals surface area contributed by atoms with E-state index < -0.39 is 0 Å². The van der Waals surface area contributed by atoms with Gasteiger partial charge >= 0.3 is 0 Å². The predicted molar refractivity (Wildman–Crippen MR) is 53.8 cm³/mol. The molecule has 0 spiro atoms. The topological polar surface area (TPSA) is 38.4 Å². The lowest BCUT2D eigenvalue weighted by Gasteiger charge is -1.93. The number of aliphatic imine (C=N–C) groups is 1. The molecule has 0 aromatic heterocycles. The van der Waals surface area contributed by atoms with Gasteiger partial charge in [0.25, 0.3) is 0 Å². The minimum Gasteiger partial charge on any atom is -0.399 e. The van der Waals surface area contributed by atoms with Gasteiger partial charge in [0.15, 0.2) is 0 Å². The standard InChI is InChI=1S/C10H12N2/c1-2-3-7-12-10-6-4-5-9(11)8-10/h2-8H,11H2,1H3/b3-2-,12-7-. The molecule has 0 radical (unpaired) electrons. The van der Waals surface area contributed by atoms with E-state index >= 15 is 0 Å². The summed E-state index contributed by atoms with van der Waals surface area (Å²) in [6.07, 6.45) is 5.55. The lowest BCUT2D eigenvalue weighted by atomic mass is 10.3. The SMILES string of the molecule is C/C=C\C=N/c1cccc(N)c1. The first-order valence-electron chi connectivity index (χ1n) is 3.84. The van der Waals surface area contributed by atoms with E-state index in [9.17, 15) is 0 Å². The Bertz CT molecular complexity index is 300. The minimum absolute atomic E-state index is 0.741. The number of benzene rings is 1. The summed E-state index contributed by atoms with van der Waals surface area (Å²) >= 11 is 0. The van der Waals surface area contributed by atoms with Crippen LogP contribution in [0.4, 0.5) is 11.4 Å². The maximum Gasteiger partial charge on any atom is 0.0650 e. The fourth-order valence-electron chi connectivity index (χ4n) is 0.820. The van der Waals surface area contributed by atoms with Crippen LogP contribution in [-0.2, 0) is 0 Å². The first-order valence-corrected chi connectivity index (χ1v) is 3.84. The van der Waals surface area contributed by atoms with E-state index in [4.69, 9.17) is 5.73 Å². The summed E-state index contributed by atoms with van der Waals surface area (Å²) in [7, 11) is 0. The summed E-state index contributed by atoms with van der Waals surface area (Å²) < 4.78 is 0. The van der Waals surface area contributed by atoms with Gasteiger partial charge in [0.05, 0.1) is 5.69 Å². The second-order valence-electron chi connectivity index (χ2n) is 2.40. The van der Waals surface area contributed by atoms with E-state index in [0.29, 0.717) is 0 Å². The summed E-state index contributed by atoms with van der Waals surface area (Å²) in [5, 5.41) is 0. The molecule has 0 aliphatic rings. The molecule has 2 heteroatoms. The Morgan fingerprint density at radius 3 is 2.92 bits per heavy atom. The summed E-state index contributed by atoms with van der Waals surface area (Å²) in [6, 6.07) is 7.47. The van der Waals surface area contributed by atoms with Crippen LogP contribution >= 0.6 is 0 Å². The molecule has 0 aliphatic heterocycles. The van der Waals surface area contributed by atoms with Crippen molar-refractivity contribution in [2.24, 2.45) is 4.99 Å². The Hall–Kier alpha value is -1.57. The number of nitrogens with zero attached hydrogens (tertiary/aromatic N) is 1. The van der Waals surface area contributed by atoms with Crippen LogP contribution in [0.25, 0.3) is 0 Å². The predicted octanol–water partition coefficient (Wildman–Crippen LogP) is 2.55. The molecule has 0 amide bonds. The van der Waals surface area contributed by atoms with Crippen LogP contribution in [0.5, 0.6) is 0 Å². The van der Waals surface area contributed by atoms with Crippen molar-refractivity contribution >= 4 is 17.6 Å². The van der Waals surface area contributed by atoms with Gasteiger partial charge in [0.1, 0.15) is 0 Å². The van der Waals surface area contributed by atoms with Crippen molar-refractivity contribution in [3.05, 3.63) is 36.4 Å². The molecule has 62 valence electrons. The molecule has 0 saturated heterocycles. The van der Waals surface area contributed by atoms with Gasteiger partial charge in [-0.2, -0.15) is 0 Å². The van der Waals surface area contributed by atoms with Crippen LogP contribution in [0.3, 0.4) is 0 Å². The van der Waals surface area contributed by atoms with Gasteiger partial charge in [0, 0.05) is 11.9 Å². The van der Waals surface area contributed by atoms with E-state index in [2.05, 4.69) is 4.99 Å². The number of hydrogen-bond acceptors (Lipinski definition) is 2. The maximum absolute atomic E-state index is 5.57. The third-order valence-electron chi connectivity index (χ3n) is 1.37. The van der Waals surface area contributed by atoms with Gasteiger partial charge in [-0.25, -0.2) is 0 Å². The number of nitrogen functional groups attached to an aromatic ring is 1. The zero-order chi connectivity index (χ0) is 8.81. The fourth-order valence-corrected chi connectivity index (χ4v) is 0.820. The highest BCUT2D eigenvalue weighted by Gasteiger charge is 1.86. The van der Waals surface area contributed by atoms with Crippen molar-refractivity contribution in [1.82, 2.24) is 0 Å². The molecule has 0 unspecified atom stereocenters. The normalized spacial score (nSPS) is 11.4. The molecule has 0 atom stereocenters. The number of anilines is 1. The molecule has 1 aromatic rings. The first kappa shape index (κ1) is 8.53. The van der Waals surface area contributed by atoms with Gasteiger partial charge in [-0.3, -0.25) is 4.99 Å². The summed E-state index contributed by atoms with van der Waals surface area (Å²) in [6.45, 7) is 1.95. The Balaban J connectivity index is 2.76. The molecular formula is C10H12N2. The molecule has 1 rings (SSSR count). The van der Waals surface area contributed by atoms with Gasteiger partial charge in [-0.15, -0.1) is 0 Å². The number of rotatable bonds is 2. The molecule has 0 heterocycles. The second kappa shape index (κ2) is 4.34. The van der Waals surface area contributed by atoms with Crippen molar-refractivity contribution in [3.63, 3.8) is 0 Å². The van der Waals surface area contributed by atoms with Crippen LogP contribution in [0.1, 0.15) is 6.92 Å². The van der Waals surface area contributed by atoms with Crippen LogP contribution in [0.15, 0.2) is 41.4 Å². The van der Waals surface area contributed by atoms with Gasteiger partial charge < -0.3 is 5.73 Å². The lowest BCUT2D eigenvalue weighted by Crippen LogP contribution is -1.81. The van der Waals surface area contributed by atoms with Gasteiger partial charge in [-0.1, -0.05) is 12.1 Å². The average molecular weight is 160 g/mol. The molecule has 0 saturated carbocycles. The molecule has 0 bridgehead atoms. The number of allylic oxidation sites excluding steroid dienone is 2. The van der Waals surface area contributed by atoms with Crippen LogP contribution < -0.4 is 5.73 Å². The Morgan fingerprint density at radius 2 is 2.25 bits per heavy atom. The molecule has 2 N–H and O–H groups in total. The third-order valence-corrected chi connectivity index (χ3v) is 1.37. The maximum atomic E-state index is 5.57. The smallest absolute Gasteiger partial charge is 0.0650 e. The van der Waals surface area contributed by atoms with E-state index in [1.54, 1.807) is 6.21 Å². The first-order chi connectivity index (χ1) is 5.83. The second-order valence-corrected chi connectivity index (χ2v) is 2.40. The number of nitrogens with two attached hydrogens (primary N) is 1. The summed E-state index contributed by atoms with van der Waals surface area (Å²) in [5.41, 5.74) is 7.19.